The van der Waals surface area contributed by atoms with Gasteiger partial charge in [0, 0.05) is 6.20 Å². The quantitative estimate of drug-likeness (QED) is 0.596. The summed E-state index contributed by atoms with van der Waals surface area (Å²) in [6.45, 7) is 3.48. The first-order valence-corrected chi connectivity index (χ1v) is 6.51. The molecule has 110 valence electrons. The third kappa shape index (κ3) is 3.35. The minimum absolute atomic E-state index is 0.289. The minimum atomic E-state index is -0.335. The zero-order valence-corrected chi connectivity index (χ0v) is 11.9. The average molecular weight is 288 g/mol. The molecule has 1 amide bonds. The summed E-state index contributed by atoms with van der Waals surface area (Å²) in [5, 5.41) is 2.79. The molecule has 2 aromatic rings. The standard InChI is InChI=1S/C15H17FN4O/c1-9-5-6-11(8-13(9)16)10(2)19-15(21)12-4-3-7-18-14(12)20-17/h3-8,10H,17H2,1-2H3,(H,18,20)(H,19,21). The first-order chi connectivity index (χ1) is 10.0. The molecule has 0 fully saturated rings. The number of aryl methyl sites for hydroxylation is 1. The van der Waals surface area contributed by atoms with Gasteiger partial charge in [0.1, 0.15) is 5.82 Å². The second-order valence-corrected chi connectivity index (χ2v) is 4.75. The van der Waals surface area contributed by atoms with Gasteiger partial charge in [0.05, 0.1) is 11.6 Å². The summed E-state index contributed by atoms with van der Waals surface area (Å²) < 4.78 is 13.6. The van der Waals surface area contributed by atoms with Crippen molar-refractivity contribution >= 4 is 11.7 Å². The van der Waals surface area contributed by atoms with Crippen LogP contribution in [-0.2, 0) is 0 Å². The Morgan fingerprint density at radius 3 is 2.81 bits per heavy atom. The molecular weight excluding hydrogens is 271 g/mol. The Labute approximate surface area is 122 Å². The number of aromatic nitrogens is 1. The maximum atomic E-state index is 13.6. The Bertz CT molecular complexity index is 660. The van der Waals surface area contributed by atoms with Crippen molar-refractivity contribution in [3.05, 3.63) is 59.0 Å². The number of carbonyl (C=O) groups excluding carboxylic acids is 1. The summed E-state index contributed by atoms with van der Waals surface area (Å²) >= 11 is 0. The molecule has 0 radical (unpaired) electrons. The van der Waals surface area contributed by atoms with Crippen molar-refractivity contribution in [2.75, 3.05) is 5.43 Å². The van der Waals surface area contributed by atoms with Crippen molar-refractivity contribution in [3.8, 4) is 0 Å². The number of hydrazine groups is 1. The Morgan fingerprint density at radius 2 is 2.14 bits per heavy atom. The van der Waals surface area contributed by atoms with E-state index in [1.807, 2.05) is 0 Å². The smallest absolute Gasteiger partial charge is 0.255 e. The van der Waals surface area contributed by atoms with Gasteiger partial charge >= 0.3 is 0 Å². The summed E-state index contributed by atoms with van der Waals surface area (Å²) in [5.74, 6) is 4.99. The van der Waals surface area contributed by atoms with Gasteiger partial charge in [-0.1, -0.05) is 12.1 Å². The van der Waals surface area contributed by atoms with E-state index < -0.39 is 0 Å². The van der Waals surface area contributed by atoms with Crippen molar-refractivity contribution < 1.29 is 9.18 Å². The number of rotatable bonds is 4. The predicted octanol–water partition coefficient (Wildman–Crippen LogP) is 2.31. The van der Waals surface area contributed by atoms with E-state index in [1.165, 1.54) is 12.3 Å². The molecule has 0 bridgehead atoms. The molecule has 1 heterocycles. The average Bonchev–Trinajstić information content (AvgIpc) is 2.49. The number of nitrogens with one attached hydrogen (secondary N) is 2. The van der Waals surface area contributed by atoms with Gasteiger partial charge in [-0.3, -0.25) is 4.79 Å². The highest BCUT2D eigenvalue weighted by Gasteiger charge is 2.15. The van der Waals surface area contributed by atoms with E-state index in [2.05, 4.69) is 15.7 Å². The molecular formula is C15H17FN4O. The molecule has 5 nitrogen and oxygen atoms in total. The number of nitrogens with zero attached hydrogens (tertiary/aromatic N) is 1. The predicted molar refractivity (Wildman–Crippen MR) is 79.1 cm³/mol. The first kappa shape index (κ1) is 14.9. The summed E-state index contributed by atoms with van der Waals surface area (Å²) in [4.78, 5) is 16.2. The molecule has 0 saturated carbocycles. The maximum Gasteiger partial charge on any atom is 0.255 e. The van der Waals surface area contributed by atoms with Gasteiger partial charge in [-0.25, -0.2) is 15.2 Å². The van der Waals surface area contributed by atoms with Gasteiger partial charge in [-0.15, -0.1) is 0 Å². The van der Waals surface area contributed by atoms with E-state index in [0.29, 0.717) is 16.7 Å². The van der Waals surface area contributed by atoms with Crippen LogP contribution in [0.4, 0.5) is 10.2 Å². The molecule has 0 aliphatic rings. The number of pyridine rings is 1. The van der Waals surface area contributed by atoms with E-state index in [-0.39, 0.29) is 23.6 Å². The monoisotopic (exact) mass is 288 g/mol. The Morgan fingerprint density at radius 1 is 1.38 bits per heavy atom. The fraction of sp³-hybridized carbons (Fsp3) is 0.200. The van der Waals surface area contributed by atoms with Crippen LogP contribution in [0.15, 0.2) is 36.5 Å². The zero-order chi connectivity index (χ0) is 15.4. The van der Waals surface area contributed by atoms with Crippen molar-refractivity contribution in [3.63, 3.8) is 0 Å². The molecule has 1 aromatic heterocycles. The summed E-state index contributed by atoms with van der Waals surface area (Å²) in [6, 6.07) is 7.81. The van der Waals surface area contributed by atoms with Crippen LogP contribution in [0.3, 0.4) is 0 Å². The number of anilines is 1. The molecule has 0 saturated heterocycles. The normalized spacial score (nSPS) is 11.8. The van der Waals surface area contributed by atoms with Crippen LogP contribution < -0.4 is 16.6 Å². The van der Waals surface area contributed by atoms with Gasteiger partial charge in [0.25, 0.3) is 5.91 Å². The Balaban J connectivity index is 2.16. The van der Waals surface area contributed by atoms with E-state index >= 15 is 0 Å². The lowest BCUT2D eigenvalue weighted by molar-refractivity contribution is 0.0940. The van der Waals surface area contributed by atoms with Crippen molar-refractivity contribution in [2.45, 2.75) is 19.9 Å². The highest BCUT2D eigenvalue weighted by Crippen LogP contribution is 2.18. The molecule has 6 heteroatoms. The lowest BCUT2D eigenvalue weighted by atomic mass is 10.1. The van der Waals surface area contributed by atoms with Crippen molar-refractivity contribution in [1.29, 1.82) is 0 Å². The van der Waals surface area contributed by atoms with Crippen LogP contribution in [0.2, 0.25) is 0 Å². The van der Waals surface area contributed by atoms with Crippen LogP contribution >= 0.6 is 0 Å². The van der Waals surface area contributed by atoms with Gasteiger partial charge in [-0.2, -0.15) is 0 Å². The first-order valence-electron chi connectivity index (χ1n) is 6.51. The molecule has 0 spiro atoms. The highest BCUT2D eigenvalue weighted by molar-refractivity contribution is 5.98. The van der Waals surface area contributed by atoms with Crippen molar-refractivity contribution in [2.24, 2.45) is 5.84 Å². The lowest BCUT2D eigenvalue weighted by Gasteiger charge is -2.16. The number of nitrogens with two attached hydrogens (primary N) is 1. The fourth-order valence-electron chi connectivity index (χ4n) is 1.94. The Hall–Kier alpha value is -2.47. The number of amides is 1. The van der Waals surface area contributed by atoms with E-state index in [1.54, 1.807) is 38.1 Å². The molecule has 4 N–H and O–H groups in total. The largest absolute Gasteiger partial charge is 0.345 e. The topological polar surface area (TPSA) is 80.0 Å². The second-order valence-electron chi connectivity index (χ2n) is 4.75. The third-order valence-corrected chi connectivity index (χ3v) is 3.23. The fourth-order valence-corrected chi connectivity index (χ4v) is 1.94. The summed E-state index contributed by atoms with van der Waals surface area (Å²) in [5.41, 5.74) is 3.97. The Kier molecular flexibility index (Phi) is 4.49. The minimum Gasteiger partial charge on any atom is -0.345 e. The molecule has 1 atom stereocenters. The van der Waals surface area contributed by atoms with Gasteiger partial charge < -0.3 is 10.7 Å². The molecule has 0 aliphatic carbocycles. The second kappa shape index (κ2) is 6.32. The highest BCUT2D eigenvalue weighted by atomic mass is 19.1. The van der Waals surface area contributed by atoms with E-state index in [9.17, 15) is 9.18 Å². The van der Waals surface area contributed by atoms with E-state index in [0.717, 1.165) is 0 Å². The number of halogens is 1. The zero-order valence-electron chi connectivity index (χ0n) is 11.9. The number of benzene rings is 1. The van der Waals surface area contributed by atoms with Gasteiger partial charge in [0.2, 0.25) is 0 Å². The number of hydrogen-bond acceptors (Lipinski definition) is 4. The van der Waals surface area contributed by atoms with Crippen molar-refractivity contribution in [1.82, 2.24) is 10.3 Å². The maximum absolute atomic E-state index is 13.6. The third-order valence-electron chi connectivity index (χ3n) is 3.23. The molecule has 2 rings (SSSR count). The number of hydrogen-bond donors (Lipinski definition) is 3. The van der Waals surface area contributed by atoms with Gasteiger partial charge in [0.15, 0.2) is 5.82 Å². The summed E-state index contributed by atoms with van der Waals surface area (Å²) in [6.07, 6.45) is 1.53. The van der Waals surface area contributed by atoms with Gasteiger partial charge in [-0.05, 0) is 43.2 Å². The SMILES string of the molecule is Cc1ccc(C(C)NC(=O)c2cccnc2NN)cc1F. The molecule has 1 aromatic carbocycles. The number of nitrogen functional groups attached to an aromatic ring is 1. The lowest BCUT2D eigenvalue weighted by Crippen LogP contribution is -2.28. The number of carbonyl (C=O) groups is 1. The van der Waals surface area contributed by atoms with Crippen LogP contribution in [0.5, 0.6) is 0 Å². The van der Waals surface area contributed by atoms with Crippen LogP contribution in [-0.4, -0.2) is 10.9 Å². The summed E-state index contributed by atoms with van der Waals surface area (Å²) in [7, 11) is 0. The molecule has 0 aliphatic heterocycles. The molecule has 21 heavy (non-hydrogen) atoms. The van der Waals surface area contributed by atoms with Crippen LogP contribution in [0, 0.1) is 12.7 Å². The van der Waals surface area contributed by atoms with Crippen LogP contribution in [0.25, 0.3) is 0 Å². The van der Waals surface area contributed by atoms with E-state index in [4.69, 9.17) is 5.84 Å². The molecule has 1 unspecified atom stereocenters. The van der Waals surface area contributed by atoms with Crippen LogP contribution in [0.1, 0.15) is 34.5 Å².